The van der Waals surface area contributed by atoms with E-state index >= 15 is 0 Å². The standard InChI is InChI=1S/C21H13Cl4F6NO2/c22-13-4-2-10(8-11(13)15(33)5-6-19(26,27)28)32-18(34)17-16(20(17,24)25)12-7-9(21(29,30)31)1-3-14(12)23/h1-4,7-8,16-17H,5-6H2,(H,32,34). The summed E-state index contributed by atoms with van der Waals surface area (Å²) in [4.78, 5) is 24.9. The van der Waals surface area contributed by atoms with Gasteiger partial charge in [0.2, 0.25) is 5.91 Å². The minimum atomic E-state index is -4.66. The van der Waals surface area contributed by atoms with Crippen LogP contribution in [0.5, 0.6) is 0 Å². The second-order valence-corrected chi connectivity index (χ2v) is 9.84. The Morgan fingerprint density at radius 1 is 0.941 bits per heavy atom. The highest BCUT2D eigenvalue weighted by atomic mass is 35.5. The summed E-state index contributed by atoms with van der Waals surface area (Å²) >= 11 is 24.3. The zero-order valence-electron chi connectivity index (χ0n) is 16.6. The van der Waals surface area contributed by atoms with Crippen LogP contribution in [0.1, 0.15) is 40.2 Å². The van der Waals surface area contributed by atoms with Gasteiger partial charge in [0, 0.05) is 28.6 Å². The van der Waals surface area contributed by atoms with Crippen LogP contribution < -0.4 is 5.32 Å². The fourth-order valence-electron chi connectivity index (χ4n) is 3.42. The van der Waals surface area contributed by atoms with Crippen molar-refractivity contribution in [2.75, 3.05) is 5.32 Å². The molecule has 0 bridgehead atoms. The molecule has 1 aliphatic rings. The predicted octanol–water partition coefficient (Wildman–Crippen LogP) is 8.06. The Morgan fingerprint density at radius 2 is 1.56 bits per heavy atom. The van der Waals surface area contributed by atoms with Crippen molar-refractivity contribution in [2.45, 2.75) is 35.4 Å². The molecule has 2 aromatic rings. The number of amides is 1. The van der Waals surface area contributed by atoms with Gasteiger partial charge in [0.25, 0.3) is 0 Å². The zero-order chi connectivity index (χ0) is 25.6. The largest absolute Gasteiger partial charge is 0.416 e. The molecule has 0 aliphatic heterocycles. The number of anilines is 1. The number of hydrogen-bond donors (Lipinski definition) is 1. The van der Waals surface area contributed by atoms with Gasteiger partial charge in [0.15, 0.2) is 5.78 Å². The molecule has 34 heavy (non-hydrogen) atoms. The van der Waals surface area contributed by atoms with Crippen molar-refractivity contribution in [3.63, 3.8) is 0 Å². The predicted molar refractivity (Wildman–Crippen MR) is 117 cm³/mol. The number of rotatable bonds is 6. The summed E-state index contributed by atoms with van der Waals surface area (Å²) in [5, 5.41) is 2.23. The minimum Gasteiger partial charge on any atom is -0.326 e. The fraction of sp³-hybridized carbons (Fsp3) is 0.333. The Kier molecular flexibility index (Phi) is 7.45. The van der Waals surface area contributed by atoms with Crippen LogP contribution >= 0.6 is 46.4 Å². The number of carbonyl (C=O) groups excluding carboxylic acids is 2. The summed E-state index contributed by atoms with van der Waals surface area (Å²) in [5.41, 5.74) is -1.29. The van der Waals surface area contributed by atoms with Crippen molar-refractivity contribution in [1.29, 1.82) is 0 Å². The number of halogens is 10. The molecule has 1 fully saturated rings. The molecule has 0 saturated heterocycles. The van der Waals surface area contributed by atoms with E-state index in [1.54, 1.807) is 0 Å². The van der Waals surface area contributed by atoms with Crippen LogP contribution in [-0.4, -0.2) is 22.2 Å². The Morgan fingerprint density at radius 3 is 2.15 bits per heavy atom. The molecule has 13 heteroatoms. The van der Waals surface area contributed by atoms with Gasteiger partial charge in [0.05, 0.1) is 22.9 Å². The molecule has 0 radical (unpaired) electrons. The van der Waals surface area contributed by atoms with Crippen molar-refractivity contribution in [3.8, 4) is 0 Å². The molecule has 2 unspecified atom stereocenters. The van der Waals surface area contributed by atoms with Crippen LogP contribution in [0.15, 0.2) is 36.4 Å². The van der Waals surface area contributed by atoms with Crippen molar-refractivity contribution in [3.05, 3.63) is 63.1 Å². The van der Waals surface area contributed by atoms with Gasteiger partial charge in [-0.3, -0.25) is 9.59 Å². The Hall–Kier alpha value is -1.68. The van der Waals surface area contributed by atoms with Gasteiger partial charge < -0.3 is 5.32 Å². The number of carbonyl (C=O) groups is 2. The van der Waals surface area contributed by atoms with Crippen molar-refractivity contribution < 1.29 is 35.9 Å². The molecule has 1 amide bonds. The van der Waals surface area contributed by atoms with Gasteiger partial charge >= 0.3 is 12.4 Å². The SMILES string of the molecule is O=C(CCC(F)(F)F)c1cc(NC(=O)C2C(c3cc(C(F)(F)F)ccc3Cl)C2(Cl)Cl)ccc1Cl. The summed E-state index contributed by atoms with van der Waals surface area (Å²) in [6.45, 7) is 0. The topological polar surface area (TPSA) is 46.2 Å². The highest BCUT2D eigenvalue weighted by Gasteiger charge is 2.68. The van der Waals surface area contributed by atoms with Gasteiger partial charge in [-0.15, -0.1) is 23.2 Å². The third kappa shape index (κ3) is 5.93. The van der Waals surface area contributed by atoms with Crippen LogP contribution in [0.25, 0.3) is 0 Å². The first kappa shape index (κ1) is 26.9. The lowest BCUT2D eigenvalue weighted by atomic mass is 10.0. The number of hydrogen-bond acceptors (Lipinski definition) is 2. The maximum absolute atomic E-state index is 13.1. The molecule has 184 valence electrons. The molecule has 3 rings (SSSR count). The molecule has 1 saturated carbocycles. The Bertz CT molecular complexity index is 1130. The first-order chi connectivity index (χ1) is 15.5. The average Bonchev–Trinajstić information content (AvgIpc) is 3.28. The van der Waals surface area contributed by atoms with E-state index < -0.39 is 58.6 Å². The van der Waals surface area contributed by atoms with Gasteiger partial charge in [-0.25, -0.2) is 0 Å². The lowest BCUT2D eigenvalue weighted by Gasteiger charge is -2.11. The molecule has 0 spiro atoms. The van der Waals surface area contributed by atoms with E-state index in [-0.39, 0.29) is 26.9 Å². The smallest absolute Gasteiger partial charge is 0.326 e. The zero-order valence-corrected chi connectivity index (χ0v) is 19.7. The van der Waals surface area contributed by atoms with Gasteiger partial charge in [-0.05, 0) is 42.0 Å². The molecule has 3 nitrogen and oxygen atoms in total. The molecular formula is C21H13Cl4F6NO2. The third-order valence-corrected chi connectivity index (χ3v) is 6.78. The van der Waals surface area contributed by atoms with Crippen LogP contribution in [0, 0.1) is 5.92 Å². The van der Waals surface area contributed by atoms with E-state index in [2.05, 4.69) is 5.32 Å². The van der Waals surface area contributed by atoms with E-state index in [1.165, 1.54) is 12.1 Å². The van der Waals surface area contributed by atoms with Crippen molar-refractivity contribution >= 4 is 63.8 Å². The summed E-state index contributed by atoms with van der Waals surface area (Å²) < 4.78 is 74.7. The summed E-state index contributed by atoms with van der Waals surface area (Å²) in [5.74, 6) is -3.94. The van der Waals surface area contributed by atoms with Gasteiger partial charge in [0.1, 0.15) is 4.33 Å². The second-order valence-electron chi connectivity index (χ2n) is 7.59. The monoisotopic (exact) mass is 565 g/mol. The van der Waals surface area contributed by atoms with E-state index in [4.69, 9.17) is 46.4 Å². The molecule has 2 aromatic carbocycles. The average molecular weight is 567 g/mol. The summed E-state index contributed by atoms with van der Waals surface area (Å²) in [6, 6.07) is 6.16. The first-order valence-electron chi connectivity index (χ1n) is 9.47. The summed E-state index contributed by atoms with van der Waals surface area (Å²) in [6.07, 6.45) is -11.4. The molecule has 2 atom stereocenters. The molecule has 0 heterocycles. The van der Waals surface area contributed by atoms with E-state index in [1.807, 2.05) is 0 Å². The van der Waals surface area contributed by atoms with E-state index in [9.17, 15) is 35.9 Å². The fourth-order valence-corrected chi connectivity index (χ4v) is 4.69. The maximum Gasteiger partial charge on any atom is 0.416 e. The normalized spacial score (nSPS) is 19.6. The minimum absolute atomic E-state index is 0.00896. The van der Waals surface area contributed by atoms with Crippen molar-refractivity contribution in [2.24, 2.45) is 5.92 Å². The van der Waals surface area contributed by atoms with E-state index in [0.717, 1.165) is 24.3 Å². The number of benzene rings is 2. The van der Waals surface area contributed by atoms with Crippen LogP contribution in [0.3, 0.4) is 0 Å². The number of alkyl halides is 8. The molecule has 1 aliphatic carbocycles. The highest BCUT2D eigenvalue weighted by molar-refractivity contribution is 6.54. The highest BCUT2D eigenvalue weighted by Crippen LogP contribution is 2.66. The molecular weight excluding hydrogens is 554 g/mol. The lowest BCUT2D eigenvalue weighted by molar-refractivity contribution is -0.137. The van der Waals surface area contributed by atoms with Crippen LogP contribution in [0.2, 0.25) is 10.0 Å². The van der Waals surface area contributed by atoms with Gasteiger partial charge in [-0.1, -0.05) is 23.2 Å². The number of Topliss-reactive ketones (excluding diaryl/α,β-unsaturated/α-hetero) is 1. The Labute approximate surface area is 209 Å². The maximum atomic E-state index is 13.1. The van der Waals surface area contributed by atoms with Crippen LogP contribution in [-0.2, 0) is 11.0 Å². The quantitative estimate of drug-likeness (QED) is 0.218. The lowest BCUT2D eigenvalue weighted by Crippen LogP contribution is -2.17. The first-order valence-corrected chi connectivity index (χ1v) is 11.0. The second kappa shape index (κ2) is 9.41. The van der Waals surface area contributed by atoms with Crippen molar-refractivity contribution in [1.82, 2.24) is 0 Å². The molecule has 1 N–H and O–H groups in total. The number of nitrogens with one attached hydrogen (secondary N) is 1. The number of ketones is 1. The van der Waals surface area contributed by atoms with Crippen LogP contribution in [0.4, 0.5) is 32.0 Å². The summed E-state index contributed by atoms with van der Waals surface area (Å²) in [7, 11) is 0. The molecule has 0 aromatic heterocycles. The Balaban J connectivity index is 1.80. The van der Waals surface area contributed by atoms with E-state index in [0.29, 0.717) is 0 Å². The van der Waals surface area contributed by atoms with Gasteiger partial charge in [-0.2, -0.15) is 26.3 Å². The third-order valence-electron chi connectivity index (χ3n) is 5.16.